The molecule has 1 aromatic heterocycles. The van der Waals surface area contributed by atoms with E-state index < -0.39 is 12.0 Å². The van der Waals surface area contributed by atoms with Crippen LogP contribution in [-0.2, 0) is 16.1 Å². The first-order valence-electron chi connectivity index (χ1n) is 15.8. The maximum absolute atomic E-state index is 14.3. The number of methoxy groups -OCH3 is 1. The molecule has 0 unspecified atom stereocenters. The van der Waals surface area contributed by atoms with E-state index in [1.165, 1.54) is 30.6 Å². The number of aromatic nitrogens is 1. The topological polar surface area (TPSA) is 79.1 Å². The fraction of sp³-hybridized carbons (Fsp3) is 0.205. The molecule has 1 aliphatic heterocycles. The average Bonchev–Trinajstić information content (AvgIpc) is 3.41. The Bertz CT molecular complexity index is 2210. The minimum atomic E-state index is -0.766. The summed E-state index contributed by atoms with van der Waals surface area (Å²) in [7, 11) is 1.54. The minimum absolute atomic E-state index is 0.175. The molecule has 6 rings (SSSR count). The van der Waals surface area contributed by atoms with Crippen molar-refractivity contribution in [2.45, 2.75) is 39.3 Å². The molecule has 0 spiro atoms. The van der Waals surface area contributed by atoms with Gasteiger partial charge >= 0.3 is 5.97 Å². The number of nitrogens with zero attached hydrogens (tertiary/aromatic N) is 2. The predicted molar refractivity (Wildman–Crippen MR) is 193 cm³/mol. The van der Waals surface area contributed by atoms with Crippen LogP contribution in [0.2, 0.25) is 0 Å². The lowest BCUT2D eigenvalue weighted by molar-refractivity contribution is -0.138. The van der Waals surface area contributed by atoms with Crippen LogP contribution >= 0.6 is 27.3 Å². The molecule has 2 heterocycles. The van der Waals surface area contributed by atoms with E-state index in [2.05, 4.69) is 29.8 Å². The highest BCUT2D eigenvalue weighted by atomic mass is 79.9. The van der Waals surface area contributed by atoms with E-state index in [0.717, 1.165) is 22.3 Å². The molecule has 5 aromatic rings. The van der Waals surface area contributed by atoms with Crippen molar-refractivity contribution in [3.8, 4) is 11.5 Å². The number of esters is 1. The summed E-state index contributed by atoms with van der Waals surface area (Å²) in [6.07, 6.45) is 1.77. The summed E-state index contributed by atoms with van der Waals surface area (Å²) >= 11 is 4.84. The van der Waals surface area contributed by atoms with Gasteiger partial charge in [-0.1, -0.05) is 91.9 Å². The highest BCUT2D eigenvalue weighted by molar-refractivity contribution is 9.10. The first kappa shape index (κ1) is 34.1. The SMILES string of the molecule is CCOC(=O)C1=C(c2ccccc2)N=c2s/c(=C\c3cc(Br)c(OCc4ccc(F)cc4)c(OC)c3)c(=O)n2[C@@H]1c1ccc(C(C)C)cc1. The van der Waals surface area contributed by atoms with Crippen LogP contribution in [-0.4, -0.2) is 24.3 Å². The molecule has 250 valence electrons. The molecule has 0 amide bonds. The van der Waals surface area contributed by atoms with Crippen LogP contribution in [0.1, 0.15) is 60.5 Å². The van der Waals surface area contributed by atoms with Gasteiger partial charge in [0, 0.05) is 5.56 Å². The lowest BCUT2D eigenvalue weighted by Gasteiger charge is -2.26. The van der Waals surface area contributed by atoms with Crippen LogP contribution < -0.4 is 24.4 Å². The fourth-order valence-electron chi connectivity index (χ4n) is 5.67. The van der Waals surface area contributed by atoms with E-state index in [-0.39, 0.29) is 24.6 Å². The van der Waals surface area contributed by atoms with Gasteiger partial charge in [0.15, 0.2) is 16.3 Å². The number of hydrogen-bond acceptors (Lipinski definition) is 7. The molecule has 1 aliphatic rings. The number of fused-ring (bicyclic) bond motifs is 1. The third kappa shape index (κ3) is 7.16. The second kappa shape index (κ2) is 14.8. The molecule has 10 heteroatoms. The van der Waals surface area contributed by atoms with E-state index in [1.54, 1.807) is 35.8 Å². The smallest absolute Gasteiger partial charge is 0.338 e. The molecule has 0 aliphatic carbocycles. The van der Waals surface area contributed by atoms with Crippen LogP contribution in [0.5, 0.6) is 11.5 Å². The van der Waals surface area contributed by atoms with Crippen LogP contribution in [0, 0.1) is 5.82 Å². The molecular weight excluding hydrogens is 707 g/mol. The maximum Gasteiger partial charge on any atom is 0.338 e. The van der Waals surface area contributed by atoms with E-state index in [9.17, 15) is 14.0 Å². The number of thiazole rings is 1. The van der Waals surface area contributed by atoms with Gasteiger partial charge in [-0.25, -0.2) is 14.2 Å². The zero-order valence-corrected chi connectivity index (χ0v) is 29.8. The fourth-order valence-corrected chi connectivity index (χ4v) is 7.24. The summed E-state index contributed by atoms with van der Waals surface area (Å²) in [4.78, 5) is 33.5. The summed E-state index contributed by atoms with van der Waals surface area (Å²) in [5, 5.41) is 0. The molecule has 0 saturated carbocycles. The summed E-state index contributed by atoms with van der Waals surface area (Å²) in [6.45, 7) is 6.38. The number of carbonyl (C=O) groups excluding carboxylic acids is 1. The van der Waals surface area contributed by atoms with Gasteiger partial charge in [-0.05, 0) is 81.4 Å². The van der Waals surface area contributed by atoms with Gasteiger partial charge in [0.2, 0.25) is 0 Å². The summed E-state index contributed by atoms with van der Waals surface area (Å²) in [5.41, 5.74) is 4.63. The zero-order chi connectivity index (χ0) is 34.7. The van der Waals surface area contributed by atoms with Gasteiger partial charge in [0.25, 0.3) is 5.56 Å². The van der Waals surface area contributed by atoms with Crippen LogP contribution in [0.25, 0.3) is 11.8 Å². The quantitative estimate of drug-likeness (QED) is 0.138. The molecule has 4 aromatic carbocycles. The van der Waals surface area contributed by atoms with Gasteiger partial charge in [0.05, 0.1) is 40.0 Å². The van der Waals surface area contributed by atoms with Gasteiger partial charge in [0.1, 0.15) is 12.4 Å². The number of rotatable bonds is 10. The maximum atomic E-state index is 14.3. The van der Waals surface area contributed by atoms with Gasteiger partial charge < -0.3 is 14.2 Å². The Hall–Kier alpha value is -4.80. The van der Waals surface area contributed by atoms with Crippen molar-refractivity contribution in [2.24, 2.45) is 4.99 Å². The second-order valence-corrected chi connectivity index (χ2v) is 13.6. The minimum Gasteiger partial charge on any atom is -0.493 e. The molecule has 0 N–H and O–H groups in total. The molecule has 49 heavy (non-hydrogen) atoms. The molecule has 0 radical (unpaired) electrons. The van der Waals surface area contributed by atoms with Crippen LogP contribution in [0.3, 0.4) is 0 Å². The van der Waals surface area contributed by atoms with Crippen molar-refractivity contribution in [1.82, 2.24) is 4.57 Å². The Balaban J connectivity index is 1.49. The summed E-state index contributed by atoms with van der Waals surface area (Å²) in [6, 6.07) is 26.4. The molecule has 1 atom stereocenters. The van der Waals surface area contributed by atoms with Gasteiger partial charge in [-0.3, -0.25) is 9.36 Å². The van der Waals surface area contributed by atoms with E-state index >= 15 is 0 Å². The number of ether oxygens (including phenoxy) is 3. The first-order valence-corrected chi connectivity index (χ1v) is 17.4. The average molecular weight is 742 g/mol. The van der Waals surface area contributed by atoms with Gasteiger partial charge in [-0.2, -0.15) is 0 Å². The molecule has 0 saturated heterocycles. The highest BCUT2D eigenvalue weighted by Gasteiger charge is 2.35. The lowest BCUT2D eigenvalue weighted by Crippen LogP contribution is -2.40. The zero-order valence-electron chi connectivity index (χ0n) is 27.4. The van der Waals surface area contributed by atoms with E-state index in [0.29, 0.717) is 48.1 Å². The van der Waals surface area contributed by atoms with Crippen molar-refractivity contribution in [3.63, 3.8) is 0 Å². The third-order valence-corrected chi connectivity index (χ3v) is 9.71. The number of benzene rings is 4. The highest BCUT2D eigenvalue weighted by Crippen LogP contribution is 2.38. The monoisotopic (exact) mass is 740 g/mol. The molecule has 7 nitrogen and oxygen atoms in total. The Morgan fingerprint density at radius 3 is 2.41 bits per heavy atom. The van der Waals surface area contributed by atoms with Crippen molar-refractivity contribution >= 4 is 45.0 Å². The predicted octanol–water partition coefficient (Wildman–Crippen LogP) is 7.55. The largest absolute Gasteiger partial charge is 0.493 e. The summed E-state index contributed by atoms with van der Waals surface area (Å²) in [5.74, 6) is 0.395. The number of hydrogen-bond donors (Lipinski definition) is 0. The van der Waals surface area contributed by atoms with Crippen molar-refractivity contribution in [2.75, 3.05) is 13.7 Å². The number of carbonyl (C=O) groups is 1. The second-order valence-electron chi connectivity index (χ2n) is 11.7. The Kier molecular flexibility index (Phi) is 10.3. The standard InChI is InChI=1S/C39H34BrFN2O5S/c1-5-47-38(45)33-34(27-9-7-6-8-10-27)42-39-43(35(33)28-15-13-26(14-16-28)23(2)3)37(44)32(49-39)21-25-19-30(40)36(31(20-25)46-4)48-22-24-11-17-29(41)18-12-24/h6-21,23,35H,5,22H2,1-4H3/b32-21-/t35-/m1/s1. The molecule has 0 bridgehead atoms. The van der Waals surface area contributed by atoms with E-state index in [4.69, 9.17) is 19.2 Å². The Morgan fingerprint density at radius 2 is 1.76 bits per heavy atom. The van der Waals surface area contributed by atoms with Crippen LogP contribution in [0.15, 0.2) is 111 Å². The third-order valence-electron chi connectivity index (χ3n) is 8.14. The molecular formula is C39H34BrFN2O5S. The first-order chi connectivity index (χ1) is 23.7. The summed E-state index contributed by atoms with van der Waals surface area (Å²) < 4.78 is 33.3. The van der Waals surface area contributed by atoms with Gasteiger partial charge in [-0.15, -0.1) is 0 Å². The Morgan fingerprint density at radius 1 is 1.04 bits per heavy atom. The van der Waals surface area contributed by atoms with Crippen molar-refractivity contribution in [1.29, 1.82) is 0 Å². The van der Waals surface area contributed by atoms with E-state index in [1.807, 2.05) is 60.7 Å². The molecule has 0 fully saturated rings. The number of halogens is 2. The van der Waals surface area contributed by atoms with Crippen molar-refractivity contribution < 1.29 is 23.4 Å². The van der Waals surface area contributed by atoms with Crippen molar-refractivity contribution in [3.05, 3.63) is 154 Å². The lowest BCUT2D eigenvalue weighted by atomic mass is 9.91. The van der Waals surface area contributed by atoms with Crippen LogP contribution in [0.4, 0.5) is 4.39 Å². The Labute approximate surface area is 295 Å². The normalized spacial score (nSPS) is 14.4.